The minimum Gasteiger partial charge on any atom is -0.468 e. The topological polar surface area (TPSA) is 42.2 Å². The number of alkyl halides is 3. The van der Waals surface area contributed by atoms with E-state index in [-0.39, 0.29) is 5.82 Å². The van der Waals surface area contributed by atoms with E-state index in [9.17, 15) is 13.2 Å². The summed E-state index contributed by atoms with van der Waals surface area (Å²) >= 11 is 0. The molecule has 0 unspecified atom stereocenters. The van der Waals surface area contributed by atoms with E-state index in [1.807, 2.05) is 13.0 Å². The molecule has 0 bridgehead atoms. The quantitative estimate of drug-likeness (QED) is 0.858. The number of nitrogens with zero attached hydrogens (tertiary/aromatic N) is 3. The maximum atomic E-state index is 13.0. The van der Waals surface area contributed by atoms with Crippen LogP contribution in [-0.2, 0) is 18.3 Å². The zero-order chi connectivity index (χ0) is 16.7. The van der Waals surface area contributed by atoms with Crippen LogP contribution >= 0.6 is 0 Å². The molecular weight excluding hydrogens is 307 g/mol. The minimum atomic E-state index is -4.47. The van der Waals surface area contributed by atoms with Crippen LogP contribution in [0.25, 0.3) is 0 Å². The molecule has 4 nitrogen and oxygen atoms in total. The Bertz CT molecular complexity index is 684. The van der Waals surface area contributed by atoms with Crippen molar-refractivity contribution in [2.45, 2.75) is 44.9 Å². The van der Waals surface area contributed by atoms with Gasteiger partial charge in [0.2, 0.25) is 0 Å². The Balaban J connectivity index is 1.96. The van der Waals surface area contributed by atoms with Crippen LogP contribution in [0.2, 0.25) is 0 Å². The van der Waals surface area contributed by atoms with Gasteiger partial charge in [-0.2, -0.15) is 13.2 Å². The van der Waals surface area contributed by atoms with E-state index < -0.39 is 17.4 Å². The summed E-state index contributed by atoms with van der Waals surface area (Å²) in [5, 5.41) is 0. The fourth-order valence-electron chi connectivity index (χ4n) is 3.07. The highest BCUT2D eigenvalue weighted by Gasteiger charge is 2.43. The zero-order valence-electron chi connectivity index (χ0n) is 13.0. The average molecular weight is 325 g/mol. The Morgan fingerprint density at radius 1 is 1.35 bits per heavy atom. The number of aromatic nitrogens is 2. The van der Waals surface area contributed by atoms with Crippen molar-refractivity contribution in [3.63, 3.8) is 0 Å². The summed E-state index contributed by atoms with van der Waals surface area (Å²) < 4.78 is 44.5. The van der Waals surface area contributed by atoms with Gasteiger partial charge < -0.3 is 4.42 Å². The fraction of sp³-hybridized carbons (Fsp3) is 0.500. The largest absolute Gasteiger partial charge is 0.468 e. The Morgan fingerprint density at radius 2 is 2.13 bits per heavy atom. The zero-order valence-corrected chi connectivity index (χ0v) is 13.0. The predicted molar refractivity (Wildman–Crippen MR) is 77.5 cm³/mol. The first-order valence-corrected chi connectivity index (χ1v) is 7.50. The molecule has 0 spiro atoms. The van der Waals surface area contributed by atoms with Gasteiger partial charge in [-0.15, -0.1) is 0 Å². The Morgan fingerprint density at radius 3 is 2.78 bits per heavy atom. The van der Waals surface area contributed by atoms with E-state index in [1.54, 1.807) is 19.3 Å². The number of likely N-dealkylation sites (tertiary alicyclic amines) is 1. The summed E-state index contributed by atoms with van der Waals surface area (Å²) in [7, 11) is 0. The summed E-state index contributed by atoms with van der Waals surface area (Å²) in [6.45, 7) is 4.77. The molecule has 3 heterocycles. The standard InChI is InChI=1S/C16H18F3N3O/c1-11-9-13(16(17,18)19)21-14(20-11)15(2)6-4-7-22(15)10-12-5-3-8-23-12/h3,5,8-9H,4,6-7,10H2,1-2H3/t15-/m0/s1. The van der Waals surface area contributed by atoms with Crippen LogP contribution in [0.15, 0.2) is 28.9 Å². The second-order valence-electron chi connectivity index (χ2n) is 6.09. The van der Waals surface area contributed by atoms with Crippen LogP contribution in [0.1, 0.15) is 42.7 Å². The first-order valence-electron chi connectivity index (χ1n) is 7.50. The second kappa shape index (κ2) is 5.63. The molecule has 3 rings (SSSR count). The van der Waals surface area contributed by atoms with Crippen molar-refractivity contribution in [3.8, 4) is 0 Å². The van der Waals surface area contributed by atoms with Crippen molar-refractivity contribution in [2.75, 3.05) is 6.54 Å². The van der Waals surface area contributed by atoms with Gasteiger partial charge in [0, 0.05) is 5.69 Å². The van der Waals surface area contributed by atoms with Gasteiger partial charge in [0.25, 0.3) is 0 Å². The van der Waals surface area contributed by atoms with Crippen LogP contribution < -0.4 is 0 Å². The molecule has 0 N–H and O–H groups in total. The van der Waals surface area contributed by atoms with Crippen molar-refractivity contribution in [2.24, 2.45) is 0 Å². The molecule has 2 aromatic rings. The lowest BCUT2D eigenvalue weighted by Gasteiger charge is -2.33. The number of hydrogen-bond acceptors (Lipinski definition) is 4. The summed E-state index contributed by atoms with van der Waals surface area (Å²) in [5.41, 5.74) is -1.18. The van der Waals surface area contributed by atoms with Gasteiger partial charge in [-0.1, -0.05) is 0 Å². The van der Waals surface area contributed by atoms with Gasteiger partial charge in [0.1, 0.15) is 17.3 Å². The lowest BCUT2D eigenvalue weighted by Crippen LogP contribution is -2.40. The molecule has 0 aromatic carbocycles. The van der Waals surface area contributed by atoms with E-state index in [0.717, 1.165) is 24.8 Å². The molecule has 23 heavy (non-hydrogen) atoms. The third kappa shape index (κ3) is 3.10. The molecule has 1 fully saturated rings. The van der Waals surface area contributed by atoms with Crippen molar-refractivity contribution in [1.82, 2.24) is 14.9 Å². The van der Waals surface area contributed by atoms with Gasteiger partial charge in [0.05, 0.1) is 18.3 Å². The summed E-state index contributed by atoms with van der Waals surface area (Å²) in [5.74, 6) is 1.01. The molecule has 1 atom stereocenters. The van der Waals surface area contributed by atoms with Crippen molar-refractivity contribution in [3.05, 3.63) is 47.4 Å². The summed E-state index contributed by atoms with van der Waals surface area (Å²) in [4.78, 5) is 10.2. The molecule has 0 radical (unpaired) electrons. The molecular formula is C16H18F3N3O. The lowest BCUT2D eigenvalue weighted by molar-refractivity contribution is -0.141. The molecule has 1 saturated heterocycles. The van der Waals surface area contributed by atoms with Crippen LogP contribution in [0.4, 0.5) is 13.2 Å². The monoisotopic (exact) mass is 325 g/mol. The maximum absolute atomic E-state index is 13.0. The molecule has 0 aliphatic carbocycles. The molecule has 2 aromatic heterocycles. The lowest BCUT2D eigenvalue weighted by atomic mass is 9.97. The number of rotatable bonds is 3. The van der Waals surface area contributed by atoms with Crippen molar-refractivity contribution >= 4 is 0 Å². The Labute approximate surface area is 132 Å². The van der Waals surface area contributed by atoms with E-state index in [4.69, 9.17) is 4.42 Å². The van der Waals surface area contributed by atoms with Gasteiger partial charge in [-0.25, -0.2) is 9.97 Å². The third-order valence-electron chi connectivity index (χ3n) is 4.34. The minimum absolute atomic E-state index is 0.230. The molecule has 7 heteroatoms. The third-order valence-corrected chi connectivity index (χ3v) is 4.34. The molecule has 0 amide bonds. The van der Waals surface area contributed by atoms with Gasteiger partial charge >= 0.3 is 6.18 Å². The Hall–Kier alpha value is -1.89. The van der Waals surface area contributed by atoms with Gasteiger partial charge in [-0.3, -0.25) is 4.90 Å². The average Bonchev–Trinajstić information content (AvgIpc) is 3.09. The highest BCUT2D eigenvalue weighted by Crippen LogP contribution is 2.39. The van der Waals surface area contributed by atoms with Crippen molar-refractivity contribution < 1.29 is 17.6 Å². The summed E-state index contributed by atoms with van der Waals surface area (Å²) in [6.07, 6.45) is -1.28. The maximum Gasteiger partial charge on any atom is 0.433 e. The smallest absolute Gasteiger partial charge is 0.433 e. The van der Waals surface area contributed by atoms with Gasteiger partial charge in [-0.05, 0) is 51.4 Å². The van der Waals surface area contributed by atoms with E-state index >= 15 is 0 Å². The fourth-order valence-corrected chi connectivity index (χ4v) is 3.07. The van der Waals surface area contributed by atoms with Crippen LogP contribution in [-0.4, -0.2) is 21.4 Å². The predicted octanol–water partition coefficient (Wildman–Crippen LogP) is 3.91. The number of hydrogen-bond donors (Lipinski definition) is 0. The SMILES string of the molecule is Cc1cc(C(F)(F)F)nc([C@]2(C)CCCN2Cc2ccco2)n1. The second-order valence-corrected chi connectivity index (χ2v) is 6.09. The van der Waals surface area contributed by atoms with Crippen LogP contribution in [0.5, 0.6) is 0 Å². The molecule has 0 saturated carbocycles. The van der Waals surface area contributed by atoms with E-state index in [1.165, 1.54) is 0 Å². The highest BCUT2D eigenvalue weighted by molar-refractivity contribution is 5.18. The number of aryl methyl sites for hydroxylation is 1. The van der Waals surface area contributed by atoms with Crippen molar-refractivity contribution in [1.29, 1.82) is 0 Å². The van der Waals surface area contributed by atoms with E-state index in [2.05, 4.69) is 14.9 Å². The van der Waals surface area contributed by atoms with E-state index in [0.29, 0.717) is 18.7 Å². The highest BCUT2D eigenvalue weighted by atomic mass is 19.4. The van der Waals surface area contributed by atoms with Crippen LogP contribution in [0, 0.1) is 6.92 Å². The molecule has 1 aliphatic heterocycles. The first-order chi connectivity index (χ1) is 10.8. The molecule has 124 valence electrons. The molecule has 1 aliphatic rings. The Kier molecular flexibility index (Phi) is 3.91. The number of halogens is 3. The van der Waals surface area contributed by atoms with Crippen LogP contribution in [0.3, 0.4) is 0 Å². The number of furan rings is 1. The van der Waals surface area contributed by atoms with Gasteiger partial charge in [0.15, 0.2) is 0 Å². The summed E-state index contributed by atoms with van der Waals surface area (Å²) in [6, 6.07) is 4.64. The normalized spacial score (nSPS) is 22.7. The first kappa shape index (κ1) is 16.0.